The number of carboxylic acid groups (broad SMARTS) is 1. The number of aromatic carboxylic acids is 1. The van der Waals surface area contributed by atoms with Crippen molar-refractivity contribution in [3.05, 3.63) is 35.6 Å². The molecular formula is C16H19NO5. The zero-order valence-corrected chi connectivity index (χ0v) is 12.8. The van der Waals surface area contributed by atoms with E-state index in [1.54, 1.807) is 26.8 Å². The van der Waals surface area contributed by atoms with Crippen LogP contribution in [0.4, 0.5) is 4.79 Å². The summed E-state index contributed by atoms with van der Waals surface area (Å²) in [6, 6.07) is 6.55. The molecule has 0 spiro atoms. The molecule has 0 radical (unpaired) electrons. The number of rotatable bonds is 4. The van der Waals surface area contributed by atoms with Crippen LogP contribution in [-0.2, 0) is 11.2 Å². The topological polar surface area (TPSA) is 88.8 Å². The summed E-state index contributed by atoms with van der Waals surface area (Å²) in [6.45, 7) is 5.77. The van der Waals surface area contributed by atoms with Gasteiger partial charge in [-0.05, 0) is 39.0 Å². The molecule has 2 rings (SSSR count). The first-order chi connectivity index (χ1) is 10.2. The fourth-order valence-corrected chi connectivity index (χ4v) is 1.94. The third-order valence-electron chi connectivity index (χ3n) is 2.86. The van der Waals surface area contributed by atoms with E-state index in [-0.39, 0.29) is 5.56 Å². The second-order valence-electron chi connectivity index (χ2n) is 5.95. The van der Waals surface area contributed by atoms with Gasteiger partial charge in [-0.1, -0.05) is 6.07 Å². The van der Waals surface area contributed by atoms with Gasteiger partial charge in [0, 0.05) is 18.4 Å². The molecule has 6 nitrogen and oxygen atoms in total. The minimum absolute atomic E-state index is 0.181. The lowest BCUT2D eigenvalue weighted by Crippen LogP contribution is -2.33. The van der Waals surface area contributed by atoms with E-state index in [1.165, 1.54) is 12.1 Å². The maximum absolute atomic E-state index is 11.5. The van der Waals surface area contributed by atoms with Gasteiger partial charge in [0.15, 0.2) is 0 Å². The van der Waals surface area contributed by atoms with Crippen LogP contribution in [0, 0.1) is 0 Å². The van der Waals surface area contributed by atoms with Crippen molar-refractivity contribution in [3.63, 3.8) is 0 Å². The smallest absolute Gasteiger partial charge is 0.407 e. The number of alkyl carbamates (subject to hydrolysis) is 1. The van der Waals surface area contributed by atoms with E-state index in [2.05, 4.69) is 5.32 Å². The fourth-order valence-electron chi connectivity index (χ4n) is 1.94. The minimum Gasteiger partial charge on any atom is -0.478 e. The third kappa shape index (κ3) is 4.25. The number of furan rings is 1. The molecule has 6 heteroatoms. The zero-order valence-electron chi connectivity index (χ0n) is 12.8. The highest BCUT2D eigenvalue weighted by Crippen LogP contribution is 2.21. The Kier molecular flexibility index (Phi) is 4.40. The van der Waals surface area contributed by atoms with Crippen LogP contribution >= 0.6 is 0 Å². The molecule has 118 valence electrons. The summed E-state index contributed by atoms with van der Waals surface area (Å²) in [7, 11) is 0. The molecule has 2 N–H and O–H groups in total. The Morgan fingerprint density at radius 3 is 2.64 bits per heavy atom. The quantitative estimate of drug-likeness (QED) is 0.905. The monoisotopic (exact) mass is 305 g/mol. The Morgan fingerprint density at radius 1 is 1.27 bits per heavy atom. The molecule has 0 saturated heterocycles. The van der Waals surface area contributed by atoms with Crippen LogP contribution in [-0.4, -0.2) is 29.3 Å². The standard InChI is InChI=1S/C16H19NO5/c1-16(2,3)22-15(20)17-7-6-12-8-10-4-5-11(14(18)19)9-13(10)21-12/h4-5,8-9H,6-7H2,1-3H3,(H,17,20)(H,18,19). The molecule has 2 aromatic rings. The van der Waals surface area contributed by atoms with E-state index >= 15 is 0 Å². The van der Waals surface area contributed by atoms with Crippen molar-refractivity contribution in [3.8, 4) is 0 Å². The first-order valence-corrected chi connectivity index (χ1v) is 6.97. The highest BCUT2D eigenvalue weighted by atomic mass is 16.6. The lowest BCUT2D eigenvalue weighted by Gasteiger charge is -2.19. The van der Waals surface area contributed by atoms with Crippen LogP contribution in [0.2, 0.25) is 0 Å². The van der Waals surface area contributed by atoms with Crippen LogP contribution in [0.1, 0.15) is 36.9 Å². The molecule has 0 aliphatic carbocycles. The molecule has 1 aromatic carbocycles. The van der Waals surface area contributed by atoms with E-state index in [0.29, 0.717) is 24.3 Å². The van der Waals surface area contributed by atoms with Gasteiger partial charge in [-0.3, -0.25) is 0 Å². The predicted molar refractivity (Wildman–Crippen MR) is 81.1 cm³/mol. The summed E-state index contributed by atoms with van der Waals surface area (Å²) in [5.74, 6) is -0.319. The highest BCUT2D eigenvalue weighted by Gasteiger charge is 2.15. The second kappa shape index (κ2) is 6.09. The molecule has 0 saturated carbocycles. The third-order valence-corrected chi connectivity index (χ3v) is 2.86. The molecule has 1 heterocycles. The van der Waals surface area contributed by atoms with E-state index in [4.69, 9.17) is 14.3 Å². The van der Waals surface area contributed by atoms with Crippen molar-refractivity contribution >= 4 is 23.0 Å². The molecule has 0 bridgehead atoms. The van der Waals surface area contributed by atoms with Crippen LogP contribution in [0.3, 0.4) is 0 Å². The Bertz CT molecular complexity index is 696. The number of ether oxygens (including phenoxy) is 1. The minimum atomic E-state index is -0.994. The van der Waals surface area contributed by atoms with E-state index in [9.17, 15) is 9.59 Å². The van der Waals surface area contributed by atoms with Gasteiger partial charge >= 0.3 is 12.1 Å². The van der Waals surface area contributed by atoms with E-state index in [0.717, 1.165) is 5.39 Å². The summed E-state index contributed by atoms with van der Waals surface area (Å²) in [5, 5.41) is 12.4. The van der Waals surface area contributed by atoms with Crippen LogP contribution in [0.15, 0.2) is 28.7 Å². The molecule has 0 aliphatic heterocycles. The number of benzene rings is 1. The van der Waals surface area contributed by atoms with Crippen molar-refractivity contribution < 1.29 is 23.8 Å². The maximum atomic E-state index is 11.5. The molecule has 0 atom stereocenters. The number of amides is 1. The van der Waals surface area contributed by atoms with Crippen LogP contribution < -0.4 is 5.32 Å². The van der Waals surface area contributed by atoms with Gasteiger partial charge in [-0.15, -0.1) is 0 Å². The molecule has 22 heavy (non-hydrogen) atoms. The number of fused-ring (bicyclic) bond motifs is 1. The SMILES string of the molecule is CC(C)(C)OC(=O)NCCc1cc2ccc(C(=O)O)cc2o1. The largest absolute Gasteiger partial charge is 0.478 e. The summed E-state index contributed by atoms with van der Waals surface area (Å²) in [4.78, 5) is 22.4. The van der Waals surface area contributed by atoms with Gasteiger partial charge < -0.3 is 19.6 Å². The lowest BCUT2D eigenvalue weighted by molar-refractivity contribution is 0.0527. The van der Waals surface area contributed by atoms with Gasteiger partial charge in [0.05, 0.1) is 5.56 Å². The highest BCUT2D eigenvalue weighted by molar-refractivity contribution is 5.92. The number of carbonyl (C=O) groups excluding carboxylic acids is 1. The average Bonchev–Trinajstić information content (AvgIpc) is 2.77. The molecular weight excluding hydrogens is 286 g/mol. The normalized spacial score (nSPS) is 11.4. The summed E-state index contributed by atoms with van der Waals surface area (Å²) in [5.41, 5.74) is 0.170. The maximum Gasteiger partial charge on any atom is 0.407 e. The van der Waals surface area contributed by atoms with Crippen molar-refractivity contribution in [1.29, 1.82) is 0 Å². The van der Waals surface area contributed by atoms with Crippen molar-refractivity contribution in [2.45, 2.75) is 32.8 Å². The number of nitrogens with one attached hydrogen (secondary N) is 1. The molecule has 0 aliphatic rings. The van der Waals surface area contributed by atoms with E-state index in [1.807, 2.05) is 6.07 Å². The Hall–Kier alpha value is -2.50. The lowest BCUT2D eigenvalue weighted by atomic mass is 10.1. The fraction of sp³-hybridized carbons (Fsp3) is 0.375. The van der Waals surface area contributed by atoms with Gasteiger partial charge in [0.2, 0.25) is 0 Å². The first-order valence-electron chi connectivity index (χ1n) is 6.97. The van der Waals surface area contributed by atoms with Gasteiger partial charge in [-0.2, -0.15) is 0 Å². The number of hydrogen-bond acceptors (Lipinski definition) is 4. The second-order valence-corrected chi connectivity index (χ2v) is 5.95. The zero-order chi connectivity index (χ0) is 16.3. The Labute approximate surface area is 128 Å². The summed E-state index contributed by atoms with van der Waals surface area (Å²) in [6.07, 6.45) is 0.0211. The first kappa shape index (κ1) is 15.9. The van der Waals surface area contributed by atoms with Crippen molar-refractivity contribution in [2.24, 2.45) is 0 Å². The molecule has 1 aromatic heterocycles. The number of carbonyl (C=O) groups is 2. The Morgan fingerprint density at radius 2 is 2.00 bits per heavy atom. The van der Waals surface area contributed by atoms with Crippen molar-refractivity contribution in [2.75, 3.05) is 6.54 Å². The number of carboxylic acids is 1. The van der Waals surface area contributed by atoms with Crippen LogP contribution in [0.5, 0.6) is 0 Å². The summed E-state index contributed by atoms with van der Waals surface area (Å²) >= 11 is 0. The van der Waals surface area contributed by atoms with Gasteiger partial charge in [0.1, 0.15) is 16.9 Å². The predicted octanol–water partition coefficient (Wildman–Crippen LogP) is 3.20. The van der Waals surface area contributed by atoms with E-state index < -0.39 is 17.7 Å². The Balaban J connectivity index is 1.95. The summed E-state index contributed by atoms with van der Waals surface area (Å²) < 4.78 is 10.7. The molecule has 0 fully saturated rings. The number of hydrogen-bond donors (Lipinski definition) is 2. The van der Waals surface area contributed by atoms with Gasteiger partial charge in [-0.25, -0.2) is 9.59 Å². The van der Waals surface area contributed by atoms with Crippen molar-refractivity contribution in [1.82, 2.24) is 5.32 Å². The average molecular weight is 305 g/mol. The molecule has 1 amide bonds. The van der Waals surface area contributed by atoms with Crippen LogP contribution in [0.25, 0.3) is 11.0 Å². The van der Waals surface area contributed by atoms with Gasteiger partial charge in [0.25, 0.3) is 0 Å². The molecule has 0 unspecified atom stereocenters.